The zero-order valence-corrected chi connectivity index (χ0v) is 20.9. The first-order chi connectivity index (χ1) is 16.1. The molecule has 4 fully saturated rings. The maximum Gasteiger partial charge on any atom is 0.332 e. The lowest BCUT2D eigenvalue weighted by molar-refractivity contribution is -0.946. The number of quaternary nitrogens is 1. The average Bonchev–Trinajstić information content (AvgIpc) is 3.41. The fourth-order valence-electron chi connectivity index (χ4n) is 6.47. The molecule has 5 heterocycles. The lowest BCUT2D eigenvalue weighted by atomic mass is 9.82. The van der Waals surface area contributed by atoms with Crippen LogP contribution < -0.4 is 0 Å². The van der Waals surface area contributed by atoms with E-state index in [1.54, 1.807) is 11.3 Å². The highest BCUT2D eigenvalue weighted by Gasteiger charge is 2.50. The van der Waals surface area contributed by atoms with Gasteiger partial charge in [-0.3, -0.25) is 4.90 Å². The van der Waals surface area contributed by atoms with Crippen molar-refractivity contribution in [1.82, 2.24) is 4.90 Å². The third-order valence-corrected chi connectivity index (χ3v) is 9.71. The fraction of sp³-hybridized carbons (Fsp3) is 0.607. The maximum absolute atomic E-state index is 13.8. The number of aryl methyl sites for hydroxylation is 1. The van der Waals surface area contributed by atoms with Crippen LogP contribution in [0.5, 0.6) is 0 Å². The number of thiophene rings is 1. The Morgan fingerprint density at radius 2 is 1.85 bits per heavy atom. The first-order valence-corrected chi connectivity index (χ1v) is 13.9. The molecule has 4 nitrogen and oxygen atoms in total. The Kier molecular flexibility index (Phi) is 6.91. The Balaban J connectivity index is 1.26. The van der Waals surface area contributed by atoms with Gasteiger partial charge in [-0.2, -0.15) is 0 Å². The van der Waals surface area contributed by atoms with Crippen LogP contribution in [0.25, 0.3) is 0 Å². The molecule has 0 saturated carbocycles. The van der Waals surface area contributed by atoms with Gasteiger partial charge in [-0.05, 0) is 56.3 Å². The van der Waals surface area contributed by atoms with E-state index in [0.29, 0.717) is 5.92 Å². The van der Waals surface area contributed by atoms with E-state index in [0.717, 1.165) is 35.4 Å². The molecule has 0 aliphatic carbocycles. The summed E-state index contributed by atoms with van der Waals surface area (Å²) in [6, 6.07) is 15.0. The molecule has 0 spiro atoms. The van der Waals surface area contributed by atoms with Crippen LogP contribution in [0.15, 0.2) is 47.8 Å². The van der Waals surface area contributed by atoms with Crippen LogP contribution in [0, 0.1) is 5.92 Å². The lowest BCUT2D eigenvalue weighted by Gasteiger charge is -2.52. The second-order valence-corrected chi connectivity index (χ2v) is 11.6. The molecule has 33 heavy (non-hydrogen) atoms. The van der Waals surface area contributed by atoms with Gasteiger partial charge in [0.25, 0.3) is 0 Å². The normalized spacial score (nSPS) is 29.5. The number of ether oxygens (including phenoxy) is 1. The van der Waals surface area contributed by atoms with Crippen molar-refractivity contribution in [3.63, 3.8) is 0 Å². The van der Waals surface area contributed by atoms with Crippen molar-refractivity contribution in [3.8, 4) is 0 Å². The summed E-state index contributed by atoms with van der Waals surface area (Å²) >= 11 is 1.69. The molecule has 2 bridgehead atoms. The molecule has 1 aromatic carbocycles. The quantitative estimate of drug-likeness (QED) is 0.393. The van der Waals surface area contributed by atoms with Gasteiger partial charge in [-0.1, -0.05) is 42.8 Å². The van der Waals surface area contributed by atoms with Gasteiger partial charge >= 0.3 is 5.97 Å². The first-order valence-electron chi connectivity index (χ1n) is 13.0. The van der Waals surface area contributed by atoms with E-state index in [4.69, 9.17) is 4.74 Å². The summed E-state index contributed by atoms with van der Waals surface area (Å²) in [7, 11) is 0. The minimum Gasteiger partial charge on any atom is -0.454 e. The highest BCUT2D eigenvalue weighted by atomic mass is 32.1. The van der Waals surface area contributed by atoms with Gasteiger partial charge in [0.1, 0.15) is 6.54 Å². The molecule has 4 aliphatic rings. The van der Waals surface area contributed by atoms with Crippen molar-refractivity contribution in [2.45, 2.75) is 63.5 Å². The van der Waals surface area contributed by atoms with Crippen LogP contribution >= 0.6 is 11.3 Å². The van der Waals surface area contributed by atoms with Crippen LogP contribution in [0.2, 0.25) is 0 Å². The molecule has 4 saturated heterocycles. The first kappa shape index (κ1) is 23.1. The van der Waals surface area contributed by atoms with Crippen molar-refractivity contribution in [1.29, 1.82) is 0 Å². The van der Waals surface area contributed by atoms with Crippen LogP contribution in [0.1, 0.15) is 55.9 Å². The van der Waals surface area contributed by atoms with Crippen molar-refractivity contribution >= 4 is 17.3 Å². The van der Waals surface area contributed by atoms with E-state index in [-0.39, 0.29) is 12.1 Å². The number of fused-ring (bicyclic) bond motifs is 3. The Labute approximate surface area is 203 Å². The number of carbonyl (C=O) groups excluding carboxylic acids is 1. The van der Waals surface area contributed by atoms with Crippen LogP contribution in [0.4, 0.5) is 0 Å². The van der Waals surface area contributed by atoms with Crippen molar-refractivity contribution in [2.75, 3.05) is 39.3 Å². The third kappa shape index (κ3) is 4.78. The number of rotatable bonds is 8. The zero-order chi connectivity index (χ0) is 22.7. The predicted molar refractivity (Wildman–Crippen MR) is 134 cm³/mol. The van der Waals surface area contributed by atoms with Gasteiger partial charge < -0.3 is 9.22 Å². The molecule has 4 aliphatic heterocycles. The lowest BCUT2D eigenvalue weighted by Crippen LogP contribution is -2.65. The van der Waals surface area contributed by atoms with Crippen molar-refractivity contribution in [2.24, 2.45) is 5.92 Å². The molecule has 2 atom stereocenters. The third-order valence-electron chi connectivity index (χ3n) is 8.63. The van der Waals surface area contributed by atoms with Gasteiger partial charge in [0.15, 0.2) is 11.6 Å². The summed E-state index contributed by atoms with van der Waals surface area (Å²) in [5, 5.41) is 2.09. The molecule has 178 valence electrons. The van der Waals surface area contributed by atoms with E-state index < -0.39 is 5.54 Å². The molecular weight excluding hydrogens is 428 g/mol. The number of carbonyl (C=O) groups is 1. The van der Waals surface area contributed by atoms with Gasteiger partial charge in [-0.15, -0.1) is 11.3 Å². The standard InChI is InChI=1S/C28H39N2O2S/c1-28(26-13-9-21-33-26,29-16-6-3-7-17-29)27(31)32-25-22-30(19-14-24(25)15-20-30)18-8-12-23-10-4-2-5-11-23/h2,4-5,9-11,13,21,24-25H,3,6-8,12,14-20,22H2,1H3/q+1/t24?,25-,28?,30?/m1/s1. The Hall–Kier alpha value is -1.69. The largest absolute Gasteiger partial charge is 0.454 e. The van der Waals surface area contributed by atoms with Crippen molar-refractivity contribution < 1.29 is 14.0 Å². The smallest absolute Gasteiger partial charge is 0.332 e. The molecule has 0 amide bonds. The molecule has 5 heteroatoms. The SMILES string of the molecule is CC(C(=O)O[C@@H]1C[N+]2(CCCc3ccccc3)CCC1CC2)(c1cccs1)N1CCCCC1. The van der Waals surface area contributed by atoms with Gasteiger partial charge in [0.2, 0.25) is 0 Å². The van der Waals surface area contributed by atoms with E-state index in [2.05, 4.69) is 59.7 Å². The van der Waals surface area contributed by atoms with E-state index in [9.17, 15) is 4.79 Å². The Morgan fingerprint density at radius 3 is 2.55 bits per heavy atom. The summed E-state index contributed by atoms with van der Waals surface area (Å²) in [6.07, 6.45) is 8.41. The van der Waals surface area contributed by atoms with E-state index >= 15 is 0 Å². The Morgan fingerprint density at radius 1 is 1.09 bits per heavy atom. The monoisotopic (exact) mass is 467 g/mol. The second kappa shape index (κ2) is 9.89. The average molecular weight is 468 g/mol. The highest BCUT2D eigenvalue weighted by Crippen LogP contribution is 2.40. The second-order valence-electron chi connectivity index (χ2n) is 10.7. The molecule has 0 N–H and O–H groups in total. The fourth-order valence-corrected chi connectivity index (χ4v) is 7.37. The number of piperidine rings is 4. The van der Waals surface area contributed by atoms with Gasteiger partial charge in [-0.25, -0.2) is 4.79 Å². The van der Waals surface area contributed by atoms with E-state index in [1.165, 1.54) is 63.7 Å². The summed E-state index contributed by atoms with van der Waals surface area (Å²) in [6.45, 7) is 8.78. The Bertz CT molecular complexity index is 901. The molecular formula is C28H39N2O2S+. The summed E-state index contributed by atoms with van der Waals surface area (Å²) in [5.41, 5.74) is 0.775. The predicted octanol–water partition coefficient (Wildman–Crippen LogP) is 5.23. The molecule has 1 unspecified atom stereocenters. The number of esters is 1. The molecule has 2 aromatic rings. The topological polar surface area (TPSA) is 29.5 Å². The minimum atomic E-state index is -0.654. The number of benzene rings is 1. The molecule has 6 rings (SSSR count). The molecule has 0 radical (unpaired) electrons. The van der Waals surface area contributed by atoms with Crippen LogP contribution in [0.3, 0.4) is 0 Å². The molecule has 1 aromatic heterocycles. The number of nitrogens with zero attached hydrogens (tertiary/aromatic N) is 2. The highest BCUT2D eigenvalue weighted by molar-refractivity contribution is 7.10. The zero-order valence-electron chi connectivity index (χ0n) is 20.1. The van der Waals surface area contributed by atoms with Crippen molar-refractivity contribution in [3.05, 3.63) is 58.3 Å². The summed E-state index contributed by atoms with van der Waals surface area (Å²) in [4.78, 5) is 17.4. The summed E-state index contributed by atoms with van der Waals surface area (Å²) < 4.78 is 7.61. The van der Waals surface area contributed by atoms with Gasteiger partial charge in [0, 0.05) is 30.1 Å². The van der Waals surface area contributed by atoms with Crippen LogP contribution in [-0.4, -0.2) is 60.7 Å². The maximum atomic E-state index is 13.8. The van der Waals surface area contributed by atoms with E-state index in [1.807, 2.05) is 0 Å². The number of hydrogen-bond acceptors (Lipinski definition) is 4. The number of likely N-dealkylation sites (tertiary alicyclic amines) is 1. The van der Waals surface area contributed by atoms with Crippen LogP contribution in [-0.2, 0) is 21.5 Å². The summed E-state index contributed by atoms with van der Waals surface area (Å²) in [5.74, 6) is 0.519. The minimum absolute atomic E-state index is 0.0203. The number of hydrogen-bond donors (Lipinski definition) is 0. The van der Waals surface area contributed by atoms with Gasteiger partial charge in [0.05, 0.1) is 19.6 Å².